The lowest BCUT2D eigenvalue weighted by Gasteiger charge is -2.11. The Morgan fingerprint density at radius 2 is 2.16 bits per heavy atom. The van der Waals surface area contributed by atoms with Gasteiger partial charge in [-0.1, -0.05) is 6.92 Å². The van der Waals surface area contributed by atoms with Crippen LogP contribution in [0.25, 0.3) is 0 Å². The molecule has 2 rings (SSSR count). The molecule has 0 aliphatic rings. The van der Waals surface area contributed by atoms with Gasteiger partial charge in [-0.15, -0.1) is 11.6 Å². The third kappa shape index (κ3) is 3.20. The third-order valence-electron chi connectivity index (χ3n) is 2.65. The van der Waals surface area contributed by atoms with Gasteiger partial charge in [0, 0.05) is 11.3 Å². The highest BCUT2D eigenvalue weighted by Crippen LogP contribution is 2.27. The second-order valence-corrected chi connectivity index (χ2v) is 4.37. The van der Waals surface area contributed by atoms with Crippen molar-refractivity contribution in [3.8, 4) is 11.6 Å². The Kier molecular flexibility index (Phi) is 4.32. The molecule has 0 saturated carbocycles. The van der Waals surface area contributed by atoms with Gasteiger partial charge in [0.2, 0.25) is 5.88 Å². The molecule has 0 N–H and O–H groups in total. The minimum atomic E-state index is -0.430. The highest BCUT2D eigenvalue weighted by atomic mass is 35.5. The number of aromatic nitrogens is 2. The van der Waals surface area contributed by atoms with E-state index in [2.05, 4.69) is 9.97 Å². The van der Waals surface area contributed by atoms with Gasteiger partial charge in [0.1, 0.15) is 5.82 Å². The summed E-state index contributed by atoms with van der Waals surface area (Å²) in [6.07, 6.45) is 1.85. The standard InChI is InChI=1S/C14H14ClFN2O/c1-3-12-13(5-4-9(2)18-12)19-14-10(7-15)6-11(16)8-17-14/h4-6,8H,3,7H2,1-2H3. The second kappa shape index (κ2) is 5.97. The normalized spacial score (nSPS) is 10.5. The molecule has 0 bridgehead atoms. The molecule has 0 fully saturated rings. The molecule has 0 unspecified atom stereocenters. The van der Waals surface area contributed by atoms with Gasteiger partial charge < -0.3 is 4.74 Å². The van der Waals surface area contributed by atoms with Crippen LogP contribution in [0.5, 0.6) is 11.6 Å². The summed E-state index contributed by atoms with van der Waals surface area (Å²) in [6.45, 7) is 3.92. The zero-order valence-electron chi connectivity index (χ0n) is 10.8. The van der Waals surface area contributed by atoms with Crippen molar-refractivity contribution in [3.05, 3.63) is 47.2 Å². The Labute approximate surface area is 116 Å². The predicted molar refractivity (Wildman–Crippen MR) is 72.2 cm³/mol. The fraction of sp³-hybridized carbons (Fsp3) is 0.286. The first-order valence-corrected chi connectivity index (χ1v) is 6.52. The fourth-order valence-corrected chi connectivity index (χ4v) is 1.90. The molecule has 0 aliphatic carbocycles. The highest BCUT2D eigenvalue weighted by Gasteiger charge is 2.11. The molecule has 2 aromatic heterocycles. The maximum absolute atomic E-state index is 13.1. The van der Waals surface area contributed by atoms with E-state index in [-0.39, 0.29) is 5.88 Å². The Balaban J connectivity index is 2.36. The van der Waals surface area contributed by atoms with Gasteiger partial charge in [0.25, 0.3) is 0 Å². The van der Waals surface area contributed by atoms with E-state index in [0.29, 0.717) is 17.2 Å². The van der Waals surface area contributed by atoms with Crippen molar-refractivity contribution in [2.45, 2.75) is 26.1 Å². The van der Waals surface area contributed by atoms with E-state index in [1.54, 1.807) is 0 Å². The molecule has 2 heterocycles. The first-order chi connectivity index (χ1) is 9.13. The number of hydrogen-bond donors (Lipinski definition) is 0. The summed E-state index contributed by atoms with van der Waals surface area (Å²) in [6, 6.07) is 5.02. The van der Waals surface area contributed by atoms with Crippen molar-refractivity contribution in [3.63, 3.8) is 0 Å². The molecule has 3 nitrogen and oxygen atoms in total. The molecule has 0 amide bonds. The quantitative estimate of drug-likeness (QED) is 0.794. The van der Waals surface area contributed by atoms with Crippen LogP contribution >= 0.6 is 11.6 Å². The van der Waals surface area contributed by atoms with Crippen molar-refractivity contribution >= 4 is 11.6 Å². The van der Waals surface area contributed by atoms with Crippen LogP contribution in [-0.2, 0) is 12.3 Å². The molecule has 5 heteroatoms. The lowest BCUT2D eigenvalue weighted by Crippen LogP contribution is -1.99. The second-order valence-electron chi connectivity index (χ2n) is 4.10. The SMILES string of the molecule is CCc1nc(C)ccc1Oc1ncc(F)cc1CCl. The average molecular weight is 281 g/mol. The molecule has 0 aromatic carbocycles. The van der Waals surface area contributed by atoms with Gasteiger partial charge in [0.15, 0.2) is 5.75 Å². The van der Waals surface area contributed by atoms with Gasteiger partial charge >= 0.3 is 0 Å². The van der Waals surface area contributed by atoms with E-state index in [1.165, 1.54) is 6.07 Å². The van der Waals surface area contributed by atoms with Crippen molar-refractivity contribution in [2.75, 3.05) is 0 Å². The molecule has 0 spiro atoms. The minimum absolute atomic E-state index is 0.140. The van der Waals surface area contributed by atoms with Crippen LogP contribution < -0.4 is 4.74 Å². The van der Waals surface area contributed by atoms with Crippen molar-refractivity contribution < 1.29 is 9.13 Å². The monoisotopic (exact) mass is 280 g/mol. The summed E-state index contributed by atoms with van der Waals surface area (Å²) in [7, 11) is 0. The van der Waals surface area contributed by atoms with E-state index in [1.807, 2.05) is 26.0 Å². The third-order valence-corrected chi connectivity index (χ3v) is 2.94. The zero-order chi connectivity index (χ0) is 13.8. The van der Waals surface area contributed by atoms with Gasteiger partial charge in [-0.3, -0.25) is 4.98 Å². The van der Waals surface area contributed by atoms with E-state index in [0.717, 1.165) is 24.0 Å². The average Bonchev–Trinajstić information content (AvgIpc) is 2.42. The van der Waals surface area contributed by atoms with E-state index < -0.39 is 5.82 Å². The number of aryl methyl sites for hydroxylation is 2. The summed E-state index contributed by atoms with van der Waals surface area (Å²) in [5, 5.41) is 0. The number of halogens is 2. The Morgan fingerprint density at radius 3 is 2.84 bits per heavy atom. The summed E-state index contributed by atoms with van der Waals surface area (Å²) >= 11 is 5.77. The smallest absolute Gasteiger partial charge is 0.223 e. The highest BCUT2D eigenvalue weighted by molar-refractivity contribution is 6.17. The van der Waals surface area contributed by atoms with Crippen LogP contribution in [0.4, 0.5) is 4.39 Å². The van der Waals surface area contributed by atoms with Crippen molar-refractivity contribution in [1.29, 1.82) is 0 Å². The zero-order valence-corrected chi connectivity index (χ0v) is 11.5. The number of rotatable bonds is 4. The van der Waals surface area contributed by atoms with Gasteiger partial charge in [-0.25, -0.2) is 9.37 Å². The Hall–Kier alpha value is -1.68. The number of nitrogens with zero attached hydrogens (tertiary/aromatic N) is 2. The Morgan fingerprint density at radius 1 is 1.37 bits per heavy atom. The van der Waals surface area contributed by atoms with Crippen molar-refractivity contribution in [1.82, 2.24) is 9.97 Å². The molecule has 0 radical (unpaired) electrons. The minimum Gasteiger partial charge on any atom is -0.437 e. The van der Waals surface area contributed by atoms with Crippen LogP contribution in [0.2, 0.25) is 0 Å². The molecule has 19 heavy (non-hydrogen) atoms. The van der Waals surface area contributed by atoms with Crippen LogP contribution in [-0.4, -0.2) is 9.97 Å². The van der Waals surface area contributed by atoms with E-state index in [4.69, 9.17) is 16.3 Å². The molecular formula is C14H14ClFN2O. The summed E-state index contributed by atoms with van der Waals surface area (Å²) in [5.41, 5.74) is 2.28. The largest absolute Gasteiger partial charge is 0.437 e. The molecular weight excluding hydrogens is 267 g/mol. The molecule has 0 aliphatic heterocycles. The molecule has 0 atom stereocenters. The van der Waals surface area contributed by atoms with Crippen LogP contribution in [0.3, 0.4) is 0 Å². The summed E-state index contributed by atoms with van der Waals surface area (Å²) in [5.74, 6) is 0.650. The van der Waals surface area contributed by atoms with Crippen LogP contribution in [0.15, 0.2) is 24.4 Å². The lowest BCUT2D eigenvalue weighted by atomic mass is 10.2. The van der Waals surface area contributed by atoms with E-state index >= 15 is 0 Å². The number of alkyl halides is 1. The lowest BCUT2D eigenvalue weighted by molar-refractivity contribution is 0.446. The van der Waals surface area contributed by atoms with Gasteiger partial charge in [-0.05, 0) is 31.5 Å². The maximum atomic E-state index is 13.1. The van der Waals surface area contributed by atoms with Gasteiger partial charge in [0.05, 0.1) is 17.8 Å². The van der Waals surface area contributed by atoms with Gasteiger partial charge in [-0.2, -0.15) is 0 Å². The van der Waals surface area contributed by atoms with Crippen LogP contribution in [0.1, 0.15) is 23.9 Å². The van der Waals surface area contributed by atoms with E-state index in [9.17, 15) is 4.39 Å². The first-order valence-electron chi connectivity index (χ1n) is 5.98. The van der Waals surface area contributed by atoms with Crippen LogP contribution in [0, 0.1) is 12.7 Å². The summed E-state index contributed by atoms with van der Waals surface area (Å²) < 4.78 is 18.8. The predicted octanol–water partition coefficient (Wildman–Crippen LogP) is 4.02. The fourth-order valence-electron chi connectivity index (χ4n) is 1.70. The Bertz CT molecular complexity index is 538. The number of hydrogen-bond acceptors (Lipinski definition) is 3. The molecule has 100 valence electrons. The first kappa shape index (κ1) is 13.7. The number of pyridine rings is 2. The maximum Gasteiger partial charge on any atom is 0.223 e. The summed E-state index contributed by atoms with van der Waals surface area (Å²) in [4.78, 5) is 8.33. The topological polar surface area (TPSA) is 35.0 Å². The number of ether oxygens (including phenoxy) is 1. The molecule has 2 aromatic rings. The molecule has 0 saturated heterocycles. The van der Waals surface area contributed by atoms with Crippen molar-refractivity contribution in [2.24, 2.45) is 0 Å².